The molecule has 2 N–H and O–H groups in total. The molecule has 6 nitrogen and oxygen atoms in total. The minimum absolute atomic E-state index is 0.0295. The summed E-state index contributed by atoms with van der Waals surface area (Å²) in [5.74, 6) is 0.345. The molecular formula is C18H25NO5S. The van der Waals surface area contributed by atoms with Crippen LogP contribution < -0.4 is 5.32 Å². The predicted octanol–water partition coefficient (Wildman–Crippen LogP) is 2.49. The Morgan fingerprint density at radius 1 is 1.32 bits per heavy atom. The number of benzene rings is 1. The summed E-state index contributed by atoms with van der Waals surface area (Å²) in [7, 11) is 0. The minimum atomic E-state index is -0.818. The van der Waals surface area contributed by atoms with E-state index in [1.165, 1.54) is 0 Å². The van der Waals surface area contributed by atoms with Crippen molar-refractivity contribution in [1.29, 1.82) is 0 Å². The fraction of sp³-hybridized carbons (Fsp3) is 0.556. The van der Waals surface area contributed by atoms with E-state index in [1.807, 2.05) is 30.3 Å². The number of ether oxygens (including phenoxy) is 2. The smallest absolute Gasteiger partial charge is 0.407 e. The van der Waals surface area contributed by atoms with Gasteiger partial charge in [0.1, 0.15) is 12.2 Å². The molecule has 138 valence electrons. The normalized spacial score (nSPS) is 18.8. The van der Waals surface area contributed by atoms with Crippen LogP contribution in [-0.2, 0) is 20.9 Å². The highest BCUT2D eigenvalue weighted by Crippen LogP contribution is 2.35. The molecule has 0 bridgehead atoms. The second-order valence-corrected chi connectivity index (χ2v) is 8.24. The van der Waals surface area contributed by atoms with Gasteiger partial charge in [-0.2, -0.15) is 11.8 Å². The highest BCUT2D eigenvalue weighted by Gasteiger charge is 2.38. The zero-order valence-electron chi connectivity index (χ0n) is 14.7. The van der Waals surface area contributed by atoms with Crippen LogP contribution in [0.3, 0.4) is 0 Å². The zero-order valence-corrected chi connectivity index (χ0v) is 15.5. The van der Waals surface area contributed by atoms with E-state index in [2.05, 4.69) is 5.32 Å². The Morgan fingerprint density at radius 2 is 1.96 bits per heavy atom. The Hall–Kier alpha value is -1.73. The number of nitrogens with one attached hydrogen (secondary N) is 1. The van der Waals surface area contributed by atoms with Gasteiger partial charge >= 0.3 is 12.1 Å². The zero-order chi connectivity index (χ0) is 18.4. The lowest BCUT2D eigenvalue weighted by Gasteiger charge is -2.25. The number of thioether (sulfide) groups is 1. The molecule has 1 heterocycles. The fourth-order valence-electron chi connectivity index (χ4n) is 2.25. The number of alkyl carbamates (subject to hydrolysis) is 1. The van der Waals surface area contributed by atoms with Crippen molar-refractivity contribution in [3.8, 4) is 0 Å². The Bertz CT molecular complexity index is 583. The SMILES string of the molecule is CC(C)(C)OC(=O)C[C@H](NC(=O)OCc1ccccc1)C(O)C1CS1. The Kier molecular flexibility index (Phi) is 6.72. The molecule has 25 heavy (non-hydrogen) atoms. The van der Waals surface area contributed by atoms with Crippen LogP contribution in [0.2, 0.25) is 0 Å². The highest BCUT2D eigenvalue weighted by molar-refractivity contribution is 8.06. The van der Waals surface area contributed by atoms with Gasteiger partial charge in [-0.05, 0) is 26.3 Å². The van der Waals surface area contributed by atoms with Crippen LogP contribution in [0, 0.1) is 0 Å². The molecule has 3 atom stereocenters. The van der Waals surface area contributed by atoms with Crippen LogP contribution in [-0.4, -0.2) is 45.9 Å². The number of aliphatic hydroxyl groups excluding tert-OH is 1. The Morgan fingerprint density at radius 3 is 2.52 bits per heavy atom. The number of hydrogen-bond donors (Lipinski definition) is 2. The molecule has 1 aliphatic rings. The molecule has 1 amide bonds. The molecule has 2 rings (SSSR count). The van der Waals surface area contributed by atoms with Gasteiger partial charge in [0, 0.05) is 11.0 Å². The molecular weight excluding hydrogens is 342 g/mol. The predicted molar refractivity (Wildman–Crippen MR) is 96.3 cm³/mol. The number of esters is 1. The van der Waals surface area contributed by atoms with Crippen molar-refractivity contribution in [2.75, 3.05) is 5.75 Å². The largest absolute Gasteiger partial charge is 0.460 e. The van der Waals surface area contributed by atoms with Gasteiger partial charge in [-0.1, -0.05) is 30.3 Å². The fourth-order valence-corrected chi connectivity index (χ4v) is 2.94. The number of carbonyl (C=O) groups is 2. The number of rotatable bonds is 7. The van der Waals surface area contributed by atoms with E-state index in [0.717, 1.165) is 11.3 Å². The van der Waals surface area contributed by atoms with Crippen LogP contribution in [0.15, 0.2) is 30.3 Å². The van der Waals surface area contributed by atoms with E-state index in [9.17, 15) is 14.7 Å². The maximum Gasteiger partial charge on any atom is 0.407 e. The maximum atomic E-state index is 12.0. The average Bonchev–Trinajstić information content (AvgIpc) is 3.35. The maximum absolute atomic E-state index is 12.0. The van der Waals surface area contributed by atoms with E-state index < -0.39 is 29.8 Å². The van der Waals surface area contributed by atoms with Crippen molar-refractivity contribution >= 4 is 23.8 Å². The van der Waals surface area contributed by atoms with Crippen LogP contribution in [0.1, 0.15) is 32.8 Å². The second kappa shape index (κ2) is 8.58. The Balaban J connectivity index is 1.88. The van der Waals surface area contributed by atoms with E-state index >= 15 is 0 Å². The Labute approximate surface area is 152 Å². The molecule has 0 saturated carbocycles. The molecule has 0 aromatic heterocycles. The molecule has 0 radical (unpaired) electrons. The van der Waals surface area contributed by atoms with E-state index in [0.29, 0.717) is 0 Å². The lowest BCUT2D eigenvalue weighted by molar-refractivity contribution is -0.156. The summed E-state index contributed by atoms with van der Waals surface area (Å²) in [6.45, 7) is 5.44. The highest BCUT2D eigenvalue weighted by atomic mass is 32.2. The van der Waals surface area contributed by atoms with Crippen LogP contribution in [0.4, 0.5) is 4.79 Å². The molecule has 1 saturated heterocycles. The summed E-state index contributed by atoms with van der Waals surface area (Å²) in [4.78, 5) is 24.1. The van der Waals surface area contributed by atoms with Gasteiger partial charge in [-0.25, -0.2) is 4.79 Å². The summed E-state index contributed by atoms with van der Waals surface area (Å²) >= 11 is 1.59. The summed E-state index contributed by atoms with van der Waals surface area (Å²) in [6, 6.07) is 8.55. The van der Waals surface area contributed by atoms with Crippen molar-refractivity contribution in [1.82, 2.24) is 5.32 Å². The van der Waals surface area contributed by atoms with Gasteiger partial charge in [0.2, 0.25) is 0 Å². The number of amides is 1. The molecule has 1 aromatic rings. The lowest BCUT2D eigenvalue weighted by Crippen LogP contribution is -2.47. The van der Waals surface area contributed by atoms with Crippen molar-refractivity contribution in [2.24, 2.45) is 0 Å². The van der Waals surface area contributed by atoms with Crippen molar-refractivity contribution in [3.05, 3.63) is 35.9 Å². The monoisotopic (exact) mass is 367 g/mol. The van der Waals surface area contributed by atoms with Gasteiger partial charge < -0.3 is 19.9 Å². The number of hydrogen-bond acceptors (Lipinski definition) is 6. The molecule has 1 aliphatic heterocycles. The summed E-state index contributed by atoms with van der Waals surface area (Å²) < 4.78 is 10.5. The first-order chi connectivity index (χ1) is 11.7. The third-order valence-electron chi connectivity index (χ3n) is 3.47. The summed E-state index contributed by atoms with van der Waals surface area (Å²) in [5, 5.41) is 13.0. The van der Waals surface area contributed by atoms with Crippen LogP contribution >= 0.6 is 11.8 Å². The average molecular weight is 367 g/mol. The van der Waals surface area contributed by atoms with Gasteiger partial charge in [0.05, 0.1) is 18.6 Å². The molecule has 2 unspecified atom stereocenters. The first-order valence-electron chi connectivity index (χ1n) is 8.23. The number of aliphatic hydroxyl groups is 1. The third-order valence-corrected chi connectivity index (χ3v) is 4.47. The quantitative estimate of drug-likeness (QED) is 0.569. The molecule has 1 fully saturated rings. The lowest BCUT2D eigenvalue weighted by atomic mass is 10.1. The molecule has 0 spiro atoms. The van der Waals surface area contributed by atoms with E-state index in [1.54, 1.807) is 32.5 Å². The minimum Gasteiger partial charge on any atom is -0.460 e. The van der Waals surface area contributed by atoms with E-state index in [4.69, 9.17) is 9.47 Å². The molecule has 1 aromatic carbocycles. The molecule has 7 heteroatoms. The van der Waals surface area contributed by atoms with Crippen molar-refractivity contribution in [3.63, 3.8) is 0 Å². The molecule has 0 aliphatic carbocycles. The van der Waals surface area contributed by atoms with E-state index in [-0.39, 0.29) is 18.3 Å². The second-order valence-electron chi connectivity index (χ2n) is 6.97. The number of carbonyl (C=O) groups excluding carboxylic acids is 2. The van der Waals surface area contributed by atoms with Crippen LogP contribution in [0.25, 0.3) is 0 Å². The van der Waals surface area contributed by atoms with Gasteiger partial charge in [-0.15, -0.1) is 0 Å². The van der Waals surface area contributed by atoms with Gasteiger partial charge in [0.15, 0.2) is 0 Å². The van der Waals surface area contributed by atoms with Crippen molar-refractivity contribution in [2.45, 2.75) is 56.8 Å². The van der Waals surface area contributed by atoms with Crippen LogP contribution in [0.5, 0.6) is 0 Å². The summed E-state index contributed by atoms with van der Waals surface area (Å²) in [6.07, 6.45) is -1.58. The van der Waals surface area contributed by atoms with Crippen molar-refractivity contribution < 1.29 is 24.2 Å². The standard InChI is InChI=1S/C18H25NO5S/c1-18(2,3)24-15(20)9-13(16(21)14-11-25-14)19-17(22)23-10-12-7-5-4-6-8-12/h4-8,13-14,16,21H,9-11H2,1-3H3,(H,19,22)/t13-,14?,16?/m0/s1. The van der Waals surface area contributed by atoms with Gasteiger partial charge in [0.25, 0.3) is 0 Å². The topological polar surface area (TPSA) is 84.9 Å². The summed E-state index contributed by atoms with van der Waals surface area (Å²) in [5.41, 5.74) is 0.244. The third kappa shape index (κ3) is 7.36. The first kappa shape index (κ1) is 19.6. The van der Waals surface area contributed by atoms with Gasteiger partial charge in [-0.3, -0.25) is 4.79 Å². The first-order valence-corrected chi connectivity index (χ1v) is 9.28.